The van der Waals surface area contributed by atoms with Crippen LogP contribution in [0.4, 0.5) is 0 Å². The van der Waals surface area contributed by atoms with Gasteiger partial charge in [0, 0.05) is 0 Å². The van der Waals surface area contributed by atoms with Crippen molar-refractivity contribution >= 4 is 21.8 Å². The summed E-state index contributed by atoms with van der Waals surface area (Å²) in [6.45, 7) is 9.41. The normalized spacial score (nSPS) is 12.0. The van der Waals surface area contributed by atoms with Gasteiger partial charge in [0.05, 0.1) is 0 Å². The van der Waals surface area contributed by atoms with Gasteiger partial charge in [0.15, 0.2) is 0 Å². The Bertz CT molecular complexity index is 66.8. The minimum atomic E-state index is -0.894. The molecule has 10 heavy (non-hydrogen) atoms. The van der Waals surface area contributed by atoms with Crippen LogP contribution in [0.3, 0.4) is 0 Å². The summed E-state index contributed by atoms with van der Waals surface area (Å²) in [5, 5.41) is 0. The maximum absolute atomic E-state index is 2.56. The molecule has 62 valence electrons. The van der Waals surface area contributed by atoms with E-state index in [0.29, 0.717) is 0 Å². The second-order valence-corrected chi connectivity index (χ2v) is 13.5. The second kappa shape index (κ2) is 5.52. The fourth-order valence-corrected chi connectivity index (χ4v) is 11.6. The van der Waals surface area contributed by atoms with E-state index in [1.54, 1.807) is 8.26 Å². The molecule has 0 atom stereocenters. The molecule has 0 fully saturated rings. The fraction of sp³-hybridized carbons (Fsp3) is 1.00. The molecule has 1 heteroatoms. The SMILES string of the molecule is CC(C)[CH2][Bi]([CH3])[CH2]C(C)C. The number of rotatable bonds is 4. The third kappa shape index (κ3) is 7.00. The van der Waals surface area contributed by atoms with Crippen LogP contribution in [-0.2, 0) is 0 Å². The zero-order valence-electron chi connectivity index (χ0n) is 8.02. The third-order valence-electron chi connectivity index (χ3n) is 1.35. The van der Waals surface area contributed by atoms with Crippen molar-refractivity contribution in [3.8, 4) is 0 Å². The predicted octanol–water partition coefficient (Wildman–Crippen LogP) is 3.42. The summed E-state index contributed by atoms with van der Waals surface area (Å²) in [5.74, 6) is 1.92. The summed E-state index contributed by atoms with van der Waals surface area (Å²) in [5.41, 5.74) is 0. The molecule has 0 saturated heterocycles. The van der Waals surface area contributed by atoms with Crippen LogP contribution in [0, 0.1) is 11.8 Å². The van der Waals surface area contributed by atoms with E-state index in [1.807, 2.05) is 0 Å². The summed E-state index contributed by atoms with van der Waals surface area (Å²) in [6.07, 6.45) is 0. The first-order valence-corrected chi connectivity index (χ1v) is 12.6. The van der Waals surface area contributed by atoms with Gasteiger partial charge in [-0.05, 0) is 0 Å². The molecule has 0 aliphatic rings. The van der Waals surface area contributed by atoms with Crippen molar-refractivity contribution in [1.29, 1.82) is 0 Å². The Balaban J connectivity index is 3.34. The van der Waals surface area contributed by atoms with E-state index < -0.39 is 21.8 Å². The van der Waals surface area contributed by atoms with E-state index in [4.69, 9.17) is 0 Å². The Hall–Kier alpha value is 0.883. The van der Waals surface area contributed by atoms with Crippen LogP contribution in [0.5, 0.6) is 0 Å². The molecule has 0 aliphatic heterocycles. The second-order valence-electron chi connectivity index (χ2n) is 4.01. The summed E-state index contributed by atoms with van der Waals surface area (Å²) in [7, 11) is 0. The zero-order chi connectivity index (χ0) is 8.15. The molecule has 0 rings (SSSR count). The summed E-state index contributed by atoms with van der Waals surface area (Å²) < 4.78 is 5.75. The molecular formula is C9H21Bi. The Morgan fingerprint density at radius 3 is 1.40 bits per heavy atom. The third-order valence-corrected chi connectivity index (χ3v) is 11.9. The average molecular weight is 338 g/mol. The first-order valence-electron chi connectivity index (χ1n) is 4.21. The molecular weight excluding hydrogens is 317 g/mol. The van der Waals surface area contributed by atoms with Crippen LogP contribution in [0.2, 0.25) is 12.9 Å². The van der Waals surface area contributed by atoms with Gasteiger partial charge in [-0.3, -0.25) is 0 Å². The Morgan fingerprint density at radius 1 is 0.900 bits per heavy atom. The van der Waals surface area contributed by atoms with Crippen molar-refractivity contribution in [2.24, 2.45) is 11.8 Å². The van der Waals surface area contributed by atoms with Crippen LogP contribution in [0.15, 0.2) is 0 Å². The molecule has 0 aromatic carbocycles. The van der Waals surface area contributed by atoms with E-state index in [2.05, 4.69) is 32.3 Å². The van der Waals surface area contributed by atoms with E-state index in [-0.39, 0.29) is 0 Å². The zero-order valence-corrected chi connectivity index (χ0v) is 11.5. The van der Waals surface area contributed by atoms with E-state index in [0.717, 1.165) is 11.8 Å². The first-order chi connectivity index (χ1) is 4.52. The van der Waals surface area contributed by atoms with Gasteiger partial charge in [-0.25, -0.2) is 0 Å². The predicted molar refractivity (Wildman–Crippen MR) is 50.9 cm³/mol. The van der Waals surface area contributed by atoms with Gasteiger partial charge in [-0.2, -0.15) is 0 Å². The molecule has 0 spiro atoms. The topological polar surface area (TPSA) is 0 Å². The molecule has 0 nitrogen and oxygen atoms in total. The Labute approximate surface area is 74.1 Å². The Morgan fingerprint density at radius 2 is 1.20 bits per heavy atom. The van der Waals surface area contributed by atoms with Crippen molar-refractivity contribution in [3.05, 3.63) is 0 Å². The quantitative estimate of drug-likeness (QED) is 0.689. The van der Waals surface area contributed by atoms with Crippen molar-refractivity contribution in [2.75, 3.05) is 0 Å². The summed E-state index contributed by atoms with van der Waals surface area (Å²) >= 11 is -0.894. The molecule has 0 heterocycles. The van der Waals surface area contributed by atoms with E-state index in [1.165, 1.54) is 0 Å². The number of hydrogen-bond acceptors (Lipinski definition) is 0. The van der Waals surface area contributed by atoms with Crippen LogP contribution in [-0.4, -0.2) is 21.8 Å². The van der Waals surface area contributed by atoms with Gasteiger partial charge in [0.25, 0.3) is 0 Å². The Kier molecular flexibility index (Phi) is 6.01. The van der Waals surface area contributed by atoms with E-state index in [9.17, 15) is 0 Å². The van der Waals surface area contributed by atoms with E-state index >= 15 is 0 Å². The van der Waals surface area contributed by atoms with Gasteiger partial charge in [0.2, 0.25) is 0 Å². The van der Waals surface area contributed by atoms with Crippen LogP contribution >= 0.6 is 0 Å². The molecule has 0 amide bonds. The van der Waals surface area contributed by atoms with Crippen molar-refractivity contribution in [3.63, 3.8) is 0 Å². The average Bonchev–Trinajstić information content (AvgIpc) is 1.58. The van der Waals surface area contributed by atoms with Gasteiger partial charge >= 0.3 is 74.2 Å². The molecule has 0 saturated carbocycles. The van der Waals surface area contributed by atoms with Gasteiger partial charge < -0.3 is 0 Å². The summed E-state index contributed by atoms with van der Waals surface area (Å²) in [4.78, 5) is 0. The van der Waals surface area contributed by atoms with Crippen LogP contribution < -0.4 is 0 Å². The van der Waals surface area contributed by atoms with Crippen molar-refractivity contribution in [1.82, 2.24) is 0 Å². The molecule has 0 aromatic heterocycles. The molecule has 0 aromatic rings. The van der Waals surface area contributed by atoms with Crippen molar-refractivity contribution < 1.29 is 0 Å². The maximum atomic E-state index is 2.56. The molecule has 0 unspecified atom stereocenters. The summed E-state index contributed by atoms with van der Waals surface area (Å²) in [6, 6.07) is 0. The molecule has 0 aliphatic carbocycles. The van der Waals surface area contributed by atoms with Crippen LogP contribution in [0.1, 0.15) is 27.7 Å². The molecule has 0 N–H and O–H groups in total. The van der Waals surface area contributed by atoms with Gasteiger partial charge in [-0.1, -0.05) is 0 Å². The monoisotopic (exact) mass is 338 g/mol. The van der Waals surface area contributed by atoms with Crippen LogP contribution in [0.25, 0.3) is 0 Å². The molecule has 0 radical (unpaired) electrons. The standard InChI is InChI=1S/2C4H9.CH3.Bi/c2*1-4(2)3;;/h2*4H,1H2,2-3H3;1H3;. The van der Waals surface area contributed by atoms with Gasteiger partial charge in [0.1, 0.15) is 0 Å². The minimum absolute atomic E-state index is 0.894. The van der Waals surface area contributed by atoms with Gasteiger partial charge in [-0.15, -0.1) is 0 Å². The fourth-order valence-electron chi connectivity index (χ4n) is 1.32. The number of hydrogen-bond donors (Lipinski definition) is 0. The molecule has 0 bridgehead atoms. The van der Waals surface area contributed by atoms with Crippen molar-refractivity contribution in [2.45, 2.75) is 40.6 Å². The first kappa shape index (κ1) is 10.9.